The van der Waals surface area contributed by atoms with E-state index in [1.807, 2.05) is 0 Å². The third-order valence-electron chi connectivity index (χ3n) is 5.56. The van der Waals surface area contributed by atoms with Crippen LogP contribution >= 0.6 is 12.4 Å². The molecule has 2 N–H and O–H groups in total. The van der Waals surface area contributed by atoms with Crippen LogP contribution in [-0.4, -0.2) is 43.6 Å². The zero-order chi connectivity index (χ0) is 18.5. The minimum absolute atomic E-state index is 0. The lowest BCUT2D eigenvalue weighted by atomic mass is 9.98. The summed E-state index contributed by atoms with van der Waals surface area (Å²) >= 11 is 0. The van der Waals surface area contributed by atoms with E-state index in [2.05, 4.69) is 22.5 Å². The standard InChI is InChI=1S/C19H28N4O3.ClH/c1-14-6-10-22(11-7-14)17-3-2-16(12-18(17)23(25)26)19(24)21-9-5-15-4-8-20-13-15;/h2-3,12,14-15,20H,4-11,13H2,1H3,(H,21,24);1H. The molecule has 2 saturated heterocycles. The highest BCUT2D eigenvalue weighted by atomic mass is 35.5. The number of nitro groups is 1. The lowest BCUT2D eigenvalue weighted by Crippen LogP contribution is -2.33. The lowest BCUT2D eigenvalue weighted by Gasteiger charge is -2.31. The summed E-state index contributed by atoms with van der Waals surface area (Å²) in [6.45, 7) is 6.50. The summed E-state index contributed by atoms with van der Waals surface area (Å²) in [7, 11) is 0. The molecule has 2 fully saturated rings. The number of nitrogens with one attached hydrogen (secondary N) is 2. The predicted octanol–water partition coefficient (Wildman–Crippen LogP) is 2.98. The van der Waals surface area contributed by atoms with E-state index in [0.29, 0.717) is 29.6 Å². The maximum Gasteiger partial charge on any atom is 0.293 e. The van der Waals surface area contributed by atoms with Gasteiger partial charge in [0, 0.05) is 31.3 Å². The second-order valence-electron chi connectivity index (χ2n) is 7.53. The van der Waals surface area contributed by atoms with Gasteiger partial charge in [-0.2, -0.15) is 0 Å². The van der Waals surface area contributed by atoms with E-state index in [9.17, 15) is 14.9 Å². The van der Waals surface area contributed by atoms with Crippen LogP contribution in [0.5, 0.6) is 0 Å². The van der Waals surface area contributed by atoms with Crippen LogP contribution in [0.25, 0.3) is 0 Å². The number of rotatable bonds is 6. The molecule has 1 aromatic carbocycles. The molecule has 0 saturated carbocycles. The highest BCUT2D eigenvalue weighted by Gasteiger charge is 2.25. The highest BCUT2D eigenvalue weighted by molar-refractivity contribution is 5.95. The lowest BCUT2D eigenvalue weighted by molar-refractivity contribution is -0.384. The highest BCUT2D eigenvalue weighted by Crippen LogP contribution is 2.32. The van der Waals surface area contributed by atoms with Gasteiger partial charge < -0.3 is 15.5 Å². The zero-order valence-electron chi connectivity index (χ0n) is 15.8. The Bertz CT molecular complexity index is 656. The second-order valence-corrected chi connectivity index (χ2v) is 7.53. The summed E-state index contributed by atoms with van der Waals surface area (Å²) in [4.78, 5) is 25.6. The van der Waals surface area contributed by atoms with Crippen LogP contribution in [0, 0.1) is 22.0 Å². The monoisotopic (exact) mass is 396 g/mol. The van der Waals surface area contributed by atoms with Crippen molar-refractivity contribution in [2.75, 3.05) is 37.6 Å². The maximum atomic E-state index is 12.4. The summed E-state index contributed by atoms with van der Waals surface area (Å²) in [5, 5.41) is 17.7. The van der Waals surface area contributed by atoms with Gasteiger partial charge >= 0.3 is 0 Å². The van der Waals surface area contributed by atoms with E-state index in [1.54, 1.807) is 12.1 Å². The molecule has 0 aromatic heterocycles. The molecule has 1 unspecified atom stereocenters. The van der Waals surface area contributed by atoms with Crippen LogP contribution in [0.2, 0.25) is 0 Å². The first-order valence-corrected chi connectivity index (χ1v) is 9.57. The third-order valence-corrected chi connectivity index (χ3v) is 5.56. The molecule has 0 bridgehead atoms. The summed E-state index contributed by atoms with van der Waals surface area (Å²) in [5.41, 5.74) is 0.998. The molecule has 7 nitrogen and oxygen atoms in total. The first kappa shape index (κ1) is 21.4. The molecule has 150 valence electrons. The fourth-order valence-electron chi connectivity index (χ4n) is 3.78. The second kappa shape index (κ2) is 9.90. The Morgan fingerprint density at radius 3 is 2.70 bits per heavy atom. The molecule has 0 spiro atoms. The average Bonchev–Trinajstić information content (AvgIpc) is 3.15. The van der Waals surface area contributed by atoms with Crippen molar-refractivity contribution in [1.29, 1.82) is 0 Å². The van der Waals surface area contributed by atoms with Gasteiger partial charge in [-0.15, -0.1) is 12.4 Å². The minimum Gasteiger partial charge on any atom is -0.366 e. The van der Waals surface area contributed by atoms with E-state index in [1.165, 1.54) is 6.07 Å². The van der Waals surface area contributed by atoms with Gasteiger partial charge in [-0.25, -0.2) is 0 Å². The van der Waals surface area contributed by atoms with Gasteiger partial charge in [-0.3, -0.25) is 14.9 Å². The third kappa shape index (κ3) is 5.56. The van der Waals surface area contributed by atoms with Crippen LogP contribution in [-0.2, 0) is 0 Å². The van der Waals surface area contributed by atoms with Crippen molar-refractivity contribution in [2.24, 2.45) is 11.8 Å². The molecule has 2 aliphatic heterocycles. The fourth-order valence-corrected chi connectivity index (χ4v) is 3.78. The fraction of sp³-hybridized carbons (Fsp3) is 0.632. The number of hydrogen-bond donors (Lipinski definition) is 2. The number of carbonyl (C=O) groups excluding carboxylic acids is 1. The van der Waals surface area contributed by atoms with Crippen LogP contribution in [0.15, 0.2) is 18.2 Å². The molecule has 2 heterocycles. The molecule has 1 atom stereocenters. The first-order chi connectivity index (χ1) is 12.5. The Morgan fingerprint density at radius 2 is 2.07 bits per heavy atom. The van der Waals surface area contributed by atoms with Crippen molar-refractivity contribution in [1.82, 2.24) is 10.6 Å². The average molecular weight is 397 g/mol. The van der Waals surface area contributed by atoms with Gasteiger partial charge in [0.2, 0.25) is 0 Å². The van der Waals surface area contributed by atoms with Gasteiger partial charge in [0.1, 0.15) is 5.69 Å². The summed E-state index contributed by atoms with van der Waals surface area (Å²) in [6, 6.07) is 4.84. The molecule has 8 heteroatoms. The van der Waals surface area contributed by atoms with Crippen molar-refractivity contribution in [3.05, 3.63) is 33.9 Å². The van der Waals surface area contributed by atoms with Crippen LogP contribution in [0.3, 0.4) is 0 Å². The van der Waals surface area contributed by atoms with E-state index >= 15 is 0 Å². The van der Waals surface area contributed by atoms with Crippen molar-refractivity contribution >= 4 is 29.7 Å². The number of nitrogens with zero attached hydrogens (tertiary/aromatic N) is 2. The molecule has 0 radical (unpaired) electrons. The maximum absolute atomic E-state index is 12.4. The van der Waals surface area contributed by atoms with E-state index < -0.39 is 0 Å². The Labute approximate surface area is 166 Å². The number of halogens is 1. The van der Waals surface area contributed by atoms with Gasteiger partial charge in [0.25, 0.3) is 11.6 Å². The number of carbonyl (C=O) groups is 1. The van der Waals surface area contributed by atoms with Crippen LogP contribution in [0.4, 0.5) is 11.4 Å². The molecular formula is C19H29ClN4O3. The molecule has 27 heavy (non-hydrogen) atoms. The molecule has 0 aliphatic carbocycles. The van der Waals surface area contributed by atoms with Crippen molar-refractivity contribution in [3.63, 3.8) is 0 Å². The molecular weight excluding hydrogens is 368 g/mol. The van der Waals surface area contributed by atoms with Crippen molar-refractivity contribution in [2.45, 2.75) is 32.6 Å². The quantitative estimate of drug-likeness (QED) is 0.570. The van der Waals surface area contributed by atoms with Crippen molar-refractivity contribution in [3.8, 4) is 0 Å². The summed E-state index contributed by atoms with van der Waals surface area (Å²) < 4.78 is 0. The minimum atomic E-state index is -0.381. The number of anilines is 1. The Balaban J connectivity index is 0.00000261. The van der Waals surface area contributed by atoms with Crippen LogP contribution < -0.4 is 15.5 Å². The van der Waals surface area contributed by atoms with E-state index in [4.69, 9.17) is 0 Å². The van der Waals surface area contributed by atoms with E-state index in [0.717, 1.165) is 51.9 Å². The van der Waals surface area contributed by atoms with Gasteiger partial charge in [0.15, 0.2) is 0 Å². The molecule has 1 amide bonds. The first-order valence-electron chi connectivity index (χ1n) is 9.57. The molecule has 1 aromatic rings. The Morgan fingerprint density at radius 1 is 1.33 bits per heavy atom. The van der Waals surface area contributed by atoms with Crippen LogP contribution in [0.1, 0.15) is 43.0 Å². The topological polar surface area (TPSA) is 87.5 Å². The summed E-state index contributed by atoms with van der Waals surface area (Å²) in [5.74, 6) is 1.02. The SMILES string of the molecule is CC1CCN(c2ccc(C(=O)NCCC3CCNC3)cc2[N+](=O)[O-])CC1.Cl. The number of piperidine rings is 1. The van der Waals surface area contributed by atoms with E-state index in [-0.39, 0.29) is 28.9 Å². The molecule has 3 rings (SSSR count). The number of amides is 1. The Kier molecular flexibility index (Phi) is 7.86. The normalized spacial score (nSPS) is 20.2. The largest absolute Gasteiger partial charge is 0.366 e. The van der Waals surface area contributed by atoms with Crippen molar-refractivity contribution < 1.29 is 9.72 Å². The van der Waals surface area contributed by atoms with Gasteiger partial charge in [-0.05, 0) is 62.7 Å². The Hall–Kier alpha value is -1.86. The van der Waals surface area contributed by atoms with Gasteiger partial charge in [-0.1, -0.05) is 6.92 Å². The number of nitro benzene ring substituents is 1. The smallest absolute Gasteiger partial charge is 0.293 e. The summed E-state index contributed by atoms with van der Waals surface area (Å²) in [6.07, 6.45) is 4.15. The zero-order valence-corrected chi connectivity index (χ0v) is 16.6. The number of hydrogen-bond acceptors (Lipinski definition) is 5. The van der Waals surface area contributed by atoms with Gasteiger partial charge in [0.05, 0.1) is 4.92 Å². The number of benzene rings is 1. The predicted molar refractivity (Wildman–Crippen MR) is 109 cm³/mol. The molecule has 2 aliphatic rings.